The molecule has 1 aromatic carbocycles. The number of aromatic nitrogens is 1. The highest BCUT2D eigenvalue weighted by molar-refractivity contribution is 6.01. The quantitative estimate of drug-likeness (QED) is 0.294. The Labute approximate surface area is 201 Å². The molecule has 3 heteroatoms. The average molecular weight is 448 g/mol. The molecule has 0 aliphatic carbocycles. The molecule has 2 heterocycles. The summed E-state index contributed by atoms with van der Waals surface area (Å²) in [6.07, 6.45) is 8.61. The van der Waals surface area contributed by atoms with Crippen LogP contribution in [0.4, 0.5) is 0 Å². The van der Waals surface area contributed by atoms with Crippen molar-refractivity contribution in [2.24, 2.45) is 5.92 Å². The number of benzene rings is 1. The van der Waals surface area contributed by atoms with E-state index in [9.17, 15) is 0 Å². The van der Waals surface area contributed by atoms with Gasteiger partial charge in [-0.25, -0.2) is 0 Å². The maximum atomic E-state index is 8.36. The maximum absolute atomic E-state index is 8.36. The molecule has 1 aromatic heterocycles. The van der Waals surface area contributed by atoms with Gasteiger partial charge in [0.15, 0.2) is 0 Å². The first-order valence-corrected chi connectivity index (χ1v) is 13.1. The minimum Gasteiger partial charge on any atom is -0.354 e. The molecule has 1 saturated heterocycles. The van der Waals surface area contributed by atoms with Crippen LogP contribution in [-0.4, -0.2) is 35.2 Å². The third kappa shape index (κ3) is 5.87. The number of fused-ring (bicyclic) bond motifs is 1. The smallest absolute Gasteiger partial charge is 0.0496 e. The second-order valence-electron chi connectivity index (χ2n) is 10.4. The lowest BCUT2D eigenvalue weighted by atomic mass is 9.87. The van der Waals surface area contributed by atoms with Crippen LogP contribution >= 0.6 is 0 Å². The first kappa shape index (κ1) is 25.5. The fraction of sp³-hybridized carbons (Fsp3) is 0.567. The molecule has 1 aliphatic heterocycles. The van der Waals surface area contributed by atoms with Gasteiger partial charge in [-0.05, 0) is 104 Å². The molecule has 0 unspecified atom stereocenters. The molecule has 3 nitrogen and oxygen atoms in total. The highest BCUT2D eigenvalue weighted by Crippen LogP contribution is 2.37. The molecular weight excluding hydrogens is 402 g/mol. The number of H-pyrrole nitrogens is 1. The van der Waals surface area contributed by atoms with E-state index in [1.165, 1.54) is 65.8 Å². The van der Waals surface area contributed by atoms with Crippen LogP contribution in [0.3, 0.4) is 0 Å². The van der Waals surface area contributed by atoms with Gasteiger partial charge < -0.3 is 15.3 Å². The van der Waals surface area contributed by atoms with Crippen molar-refractivity contribution in [3.05, 3.63) is 52.7 Å². The summed E-state index contributed by atoms with van der Waals surface area (Å²) < 4.78 is 0. The van der Waals surface area contributed by atoms with Gasteiger partial charge in [0.2, 0.25) is 0 Å². The highest BCUT2D eigenvalue weighted by Gasteiger charge is 2.23. The second kappa shape index (κ2) is 11.3. The van der Waals surface area contributed by atoms with Crippen LogP contribution in [0.25, 0.3) is 16.5 Å². The summed E-state index contributed by atoms with van der Waals surface area (Å²) in [5.74, 6) is 1.83. The van der Waals surface area contributed by atoms with Crippen molar-refractivity contribution < 1.29 is 0 Å². The van der Waals surface area contributed by atoms with Crippen LogP contribution in [0.15, 0.2) is 35.9 Å². The van der Waals surface area contributed by atoms with E-state index in [0.717, 1.165) is 30.0 Å². The van der Waals surface area contributed by atoms with Gasteiger partial charge in [0, 0.05) is 28.9 Å². The Morgan fingerprint density at radius 2 is 1.82 bits per heavy atom. The average Bonchev–Trinajstić information content (AvgIpc) is 3.18. The molecule has 1 fully saturated rings. The van der Waals surface area contributed by atoms with Crippen molar-refractivity contribution in [3.8, 4) is 0 Å². The number of piperidine rings is 1. The van der Waals surface area contributed by atoms with Crippen LogP contribution in [0.5, 0.6) is 0 Å². The molecule has 0 amide bonds. The van der Waals surface area contributed by atoms with Gasteiger partial charge in [-0.1, -0.05) is 53.7 Å². The number of likely N-dealkylation sites (tertiary alicyclic amines) is 1. The molecule has 2 N–H and O–H groups in total. The number of allylic oxidation sites excluding steroid dienone is 4. The Kier molecular flexibility index (Phi) is 8.75. The second-order valence-corrected chi connectivity index (χ2v) is 10.4. The van der Waals surface area contributed by atoms with Crippen LogP contribution in [-0.2, 0) is 0 Å². The molecule has 0 spiro atoms. The Morgan fingerprint density at radius 3 is 2.36 bits per heavy atom. The fourth-order valence-corrected chi connectivity index (χ4v) is 5.39. The molecule has 33 heavy (non-hydrogen) atoms. The van der Waals surface area contributed by atoms with E-state index >= 15 is 0 Å². The monoisotopic (exact) mass is 447 g/mol. The van der Waals surface area contributed by atoms with E-state index in [4.69, 9.17) is 5.41 Å². The Bertz CT molecular complexity index is 1010. The number of nitrogens with one attached hydrogen (secondary N) is 2. The van der Waals surface area contributed by atoms with Crippen LogP contribution in [0.2, 0.25) is 0 Å². The zero-order chi connectivity index (χ0) is 24.1. The normalized spacial score (nSPS) is 17.0. The summed E-state index contributed by atoms with van der Waals surface area (Å²) in [5.41, 5.74) is 8.43. The Hall–Kier alpha value is -2.13. The Balaban J connectivity index is 1.96. The minimum atomic E-state index is 0.427. The molecule has 0 saturated carbocycles. The zero-order valence-corrected chi connectivity index (χ0v) is 22.0. The molecule has 1 aliphatic rings. The van der Waals surface area contributed by atoms with E-state index in [-0.39, 0.29) is 0 Å². The van der Waals surface area contributed by atoms with Crippen LogP contribution < -0.4 is 0 Å². The van der Waals surface area contributed by atoms with E-state index in [0.29, 0.717) is 11.8 Å². The van der Waals surface area contributed by atoms with Crippen molar-refractivity contribution in [1.82, 2.24) is 9.88 Å². The van der Waals surface area contributed by atoms with E-state index in [1.807, 2.05) is 0 Å². The van der Waals surface area contributed by atoms with Gasteiger partial charge in [0.05, 0.1) is 0 Å². The minimum absolute atomic E-state index is 0.427. The third-order valence-corrected chi connectivity index (χ3v) is 7.17. The molecule has 0 atom stereocenters. The topological polar surface area (TPSA) is 42.9 Å². The lowest BCUT2D eigenvalue weighted by Gasteiger charge is -2.33. The summed E-state index contributed by atoms with van der Waals surface area (Å²) in [4.78, 5) is 6.39. The first-order valence-electron chi connectivity index (χ1n) is 13.1. The summed E-state index contributed by atoms with van der Waals surface area (Å²) in [6, 6.07) is 7.12. The predicted molar refractivity (Wildman–Crippen MR) is 146 cm³/mol. The standard InChI is InChI=1S/C30H45N3/c1-8-22(27(31)10-3)17-23(9-2)30-29(21(6)7)26-18-25(11-12-28(26)32-30)24-13-15-33(16-14-24)19-20(4)5/h9,11-12,17-18,20-21,24,31-32H,8,10,13-16,19H2,1-7H3/b22-17-,23-9+,31-27?. The number of hydrogen-bond donors (Lipinski definition) is 2. The van der Waals surface area contributed by atoms with Crippen LogP contribution in [0.1, 0.15) is 103 Å². The van der Waals surface area contributed by atoms with Gasteiger partial charge in [-0.3, -0.25) is 0 Å². The lowest BCUT2D eigenvalue weighted by Crippen LogP contribution is -2.35. The van der Waals surface area contributed by atoms with E-state index in [1.54, 1.807) is 0 Å². The number of aromatic amines is 1. The van der Waals surface area contributed by atoms with Gasteiger partial charge in [0.1, 0.15) is 0 Å². The van der Waals surface area contributed by atoms with Gasteiger partial charge >= 0.3 is 0 Å². The van der Waals surface area contributed by atoms with Crippen molar-refractivity contribution in [1.29, 1.82) is 5.41 Å². The van der Waals surface area contributed by atoms with Gasteiger partial charge in [-0.15, -0.1) is 0 Å². The van der Waals surface area contributed by atoms with Crippen molar-refractivity contribution in [3.63, 3.8) is 0 Å². The zero-order valence-electron chi connectivity index (χ0n) is 22.0. The number of rotatable bonds is 9. The Morgan fingerprint density at radius 1 is 1.12 bits per heavy atom. The number of hydrogen-bond acceptors (Lipinski definition) is 2. The summed E-state index contributed by atoms with van der Waals surface area (Å²) in [7, 11) is 0. The molecule has 3 rings (SSSR count). The van der Waals surface area contributed by atoms with Crippen molar-refractivity contribution in [2.75, 3.05) is 19.6 Å². The van der Waals surface area contributed by atoms with E-state index in [2.05, 4.69) is 88.7 Å². The first-order chi connectivity index (χ1) is 15.8. The van der Waals surface area contributed by atoms with Crippen molar-refractivity contribution >= 4 is 22.2 Å². The predicted octanol–water partition coefficient (Wildman–Crippen LogP) is 8.30. The highest BCUT2D eigenvalue weighted by atomic mass is 15.1. The van der Waals surface area contributed by atoms with E-state index < -0.39 is 0 Å². The summed E-state index contributed by atoms with van der Waals surface area (Å²) >= 11 is 0. The molecule has 0 bridgehead atoms. The number of nitrogens with zero attached hydrogens (tertiary/aromatic N) is 1. The fourth-order valence-electron chi connectivity index (χ4n) is 5.39. The largest absolute Gasteiger partial charge is 0.354 e. The van der Waals surface area contributed by atoms with Gasteiger partial charge in [-0.2, -0.15) is 0 Å². The summed E-state index contributed by atoms with van der Waals surface area (Å²) in [5, 5.41) is 9.73. The SMILES string of the molecule is C/C=C(\C=C(\CC)C(=N)CC)c1[nH]c2ccc(C3CCN(CC(C)C)CC3)cc2c1C(C)C. The summed E-state index contributed by atoms with van der Waals surface area (Å²) in [6.45, 7) is 19.2. The molecule has 2 aromatic rings. The maximum Gasteiger partial charge on any atom is 0.0496 e. The van der Waals surface area contributed by atoms with Crippen molar-refractivity contribution in [2.45, 2.75) is 86.0 Å². The molecular formula is C30H45N3. The molecule has 0 radical (unpaired) electrons. The van der Waals surface area contributed by atoms with Gasteiger partial charge in [0.25, 0.3) is 0 Å². The van der Waals surface area contributed by atoms with Crippen LogP contribution in [0, 0.1) is 11.3 Å². The molecule has 180 valence electrons. The lowest BCUT2D eigenvalue weighted by molar-refractivity contribution is 0.192. The third-order valence-electron chi connectivity index (χ3n) is 7.17.